The van der Waals surface area contributed by atoms with Crippen LogP contribution in [0.3, 0.4) is 0 Å². The van der Waals surface area contributed by atoms with Crippen molar-refractivity contribution in [3.63, 3.8) is 0 Å². The summed E-state index contributed by atoms with van der Waals surface area (Å²) in [5.74, 6) is 1.63. The molecular weight excluding hydrogens is 322 g/mol. The molecule has 1 N–H and O–H groups in total. The van der Waals surface area contributed by atoms with E-state index in [9.17, 15) is 0 Å². The van der Waals surface area contributed by atoms with E-state index >= 15 is 0 Å². The predicted octanol–water partition coefficient (Wildman–Crippen LogP) is 3.13. The first-order valence-electron chi connectivity index (χ1n) is 7.05. The van der Waals surface area contributed by atoms with E-state index in [-0.39, 0.29) is 0 Å². The van der Waals surface area contributed by atoms with Crippen LogP contribution in [0.1, 0.15) is 25.3 Å². The summed E-state index contributed by atoms with van der Waals surface area (Å²) in [4.78, 5) is 0. The largest absolute Gasteiger partial charge is 0.486 e. The fourth-order valence-electron chi connectivity index (χ4n) is 2.32. The monoisotopic (exact) mass is 343 g/mol. The van der Waals surface area contributed by atoms with Gasteiger partial charge in [-0.3, -0.25) is 0 Å². The summed E-state index contributed by atoms with van der Waals surface area (Å²) in [6.07, 6.45) is 2.26. The second-order valence-corrected chi connectivity index (χ2v) is 5.78. The van der Waals surface area contributed by atoms with E-state index in [2.05, 4.69) is 34.2 Å². The normalized spacial score (nSPS) is 15.2. The molecule has 1 unspecified atom stereocenters. The Kier molecular flexibility index (Phi) is 6.13. The van der Waals surface area contributed by atoms with Gasteiger partial charge >= 0.3 is 0 Å². The van der Waals surface area contributed by atoms with Gasteiger partial charge in [0.2, 0.25) is 0 Å². The molecule has 0 amide bonds. The Morgan fingerprint density at radius 2 is 2.15 bits per heavy atom. The molecule has 0 aliphatic carbocycles. The number of halogens is 1. The van der Waals surface area contributed by atoms with E-state index in [0.29, 0.717) is 19.3 Å². The molecular formula is C15H22BrNO3. The summed E-state index contributed by atoms with van der Waals surface area (Å²) < 4.78 is 17.4. The third-order valence-corrected chi connectivity index (χ3v) is 3.85. The lowest BCUT2D eigenvalue weighted by Crippen LogP contribution is -2.32. The Morgan fingerprint density at radius 3 is 2.90 bits per heavy atom. The standard InChI is InChI=1S/C15H22BrNO3/c1-3-4-12(10-18-2)17-9-11-7-13(16)15-14(8-11)19-5-6-20-15/h7-8,12,17H,3-6,9-10H2,1-2H3. The van der Waals surface area contributed by atoms with Gasteiger partial charge < -0.3 is 19.5 Å². The summed E-state index contributed by atoms with van der Waals surface area (Å²) in [5, 5.41) is 3.53. The number of hydrogen-bond acceptors (Lipinski definition) is 4. The smallest absolute Gasteiger partial charge is 0.175 e. The topological polar surface area (TPSA) is 39.7 Å². The average molecular weight is 344 g/mol. The van der Waals surface area contributed by atoms with Gasteiger partial charge in [0, 0.05) is 19.7 Å². The number of hydrogen-bond donors (Lipinski definition) is 1. The van der Waals surface area contributed by atoms with Crippen LogP contribution in [0.4, 0.5) is 0 Å². The summed E-state index contributed by atoms with van der Waals surface area (Å²) in [6, 6.07) is 4.51. The van der Waals surface area contributed by atoms with Gasteiger partial charge in [0.25, 0.3) is 0 Å². The highest BCUT2D eigenvalue weighted by Crippen LogP contribution is 2.38. The molecule has 2 rings (SSSR count). The van der Waals surface area contributed by atoms with Gasteiger partial charge in [0.15, 0.2) is 11.5 Å². The van der Waals surface area contributed by atoms with Crippen molar-refractivity contribution < 1.29 is 14.2 Å². The van der Waals surface area contributed by atoms with E-state index in [1.165, 1.54) is 5.56 Å². The zero-order valence-electron chi connectivity index (χ0n) is 12.1. The Morgan fingerprint density at radius 1 is 1.35 bits per heavy atom. The highest BCUT2D eigenvalue weighted by molar-refractivity contribution is 9.10. The summed E-state index contributed by atoms with van der Waals surface area (Å²) >= 11 is 3.54. The van der Waals surface area contributed by atoms with E-state index in [1.54, 1.807) is 7.11 Å². The van der Waals surface area contributed by atoms with Crippen LogP contribution in [0.5, 0.6) is 11.5 Å². The molecule has 1 aliphatic rings. The van der Waals surface area contributed by atoms with Crippen LogP contribution >= 0.6 is 15.9 Å². The molecule has 5 heteroatoms. The lowest BCUT2D eigenvalue weighted by Gasteiger charge is -2.21. The van der Waals surface area contributed by atoms with Gasteiger partial charge in [0.1, 0.15) is 13.2 Å². The maximum atomic E-state index is 5.64. The molecule has 20 heavy (non-hydrogen) atoms. The minimum atomic E-state index is 0.386. The van der Waals surface area contributed by atoms with Crippen LogP contribution in [-0.4, -0.2) is 33.0 Å². The zero-order chi connectivity index (χ0) is 14.4. The molecule has 1 atom stereocenters. The number of nitrogens with one attached hydrogen (secondary N) is 1. The lowest BCUT2D eigenvalue weighted by atomic mass is 10.1. The Labute approximate surface area is 128 Å². The van der Waals surface area contributed by atoms with Crippen LogP contribution in [-0.2, 0) is 11.3 Å². The van der Waals surface area contributed by atoms with Crippen molar-refractivity contribution in [2.24, 2.45) is 0 Å². The van der Waals surface area contributed by atoms with Crippen molar-refractivity contribution in [3.8, 4) is 11.5 Å². The summed E-state index contributed by atoms with van der Waals surface area (Å²) in [6.45, 7) is 4.93. The number of rotatable bonds is 7. The zero-order valence-corrected chi connectivity index (χ0v) is 13.7. The first-order valence-corrected chi connectivity index (χ1v) is 7.84. The highest BCUT2D eigenvalue weighted by Gasteiger charge is 2.16. The molecule has 1 aliphatic heterocycles. The Bertz CT molecular complexity index is 433. The van der Waals surface area contributed by atoms with E-state index in [4.69, 9.17) is 14.2 Å². The molecule has 4 nitrogen and oxygen atoms in total. The van der Waals surface area contributed by atoms with E-state index in [0.717, 1.165) is 42.0 Å². The maximum absolute atomic E-state index is 5.64. The fraction of sp³-hybridized carbons (Fsp3) is 0.600. The Hall–Kier alpha value is -0.780. The molecule has 1 aromatic rings. The number of fused-ring (bicyclic) bond motifs is 1. The minimum Gasteiger partial charge on any atom is -0.486 e. The number of ether oxygens (including phenoxy) is 3. The van der Waals surface area contributed by atoms with Crippen LogP contribution in [0.15, 0.2) is 16.6 Å². The van der Waals surface area contributed by atoms with Crippen molar-refractivity contribution >= 4 is 15.9 Å². The predicted molar refractivity (Wildman–Crippen MR) is 82.5 cm³/mol. The second-order valence-electron chi connectivity index (χ2n) is 4.92. The average Bonchev–Trinajstić information content (AvgIpc) is 2.45. The third-order valence-electron chi connectivity index (χ3n) is 3.26. The number of benzene rings is 1. The molecule has 0 aromatic heterocycles. The van der Waals surface area contributed by atoms with Crippen molar-refractivity contribution in [3.05, 3.63) is 22.2 Å². The van der Waals surface area contributed by atoms with Crippen molar-refractivity contribution in [1.82, 2.24) is 5.32 Å². The van der Waals surface area contributed by atoms with Crippen molar-refractivity contribution in [2.45, 2.75) is 32.4 Å². The quantitative estimate of drug-likeness (QED) is 0.825. The first-order chi connectivity index (χ1) is 9.74. The minimum absolute atomic E-state index is 0.386. The second kappa shape index (κ2) is 7.86. The van der Waals surface area contributed by atoms with Crippen molar-refractivity contribution in [2.75, 3.05) is 26.9 Å². The molecule has 112 valence electrons. The molecule has 1 heterocycles. The van der Waals surface area contributed by atoms with E-state index in [1.807, 2.05) is 6.07 Å². The van der Waals surface area contributed by atoms with Gasteiger partial charge in [-0.2, -0.15) is 0 Å². The van der Waals surface area contributed by atoms with Gasteiger partial charge in [-0.05, 0) is 40.0 Å². The Balaban J connectivity index is 2.00. The van der Waals surface area contributed by atoms with Crippen LogP contribution < -0.4 is 14.8 Å². The van der Waals surface area contributed by atoms with Gasteiger partial charge in [-0.1, -0.05) is 13.3 Å². The van der Waals surface area contributed by atoms with Crippen LogP contribution in [0, 0.1) is 0 Å². The molecule has 0 saturated heterocycles. The summed E-state index contributed by atoms with van der Waals surface area (Å²) in [7, 11) is 1.74. The van der Waals surface area contributed by atoms with Gasteiger partial charge in [0.05, 0.1) is 11.1 Å². The van der Waals surface area contributed by atoms with Crippen molar-refractivity contribution in [1.29, 1.82) is 0 Å². The third kappa shape index (κ3) is 4.11. The maximum Gasteiger partial charge on any atom is 0.175 e. The fourth-order valence-corrected chi connectivity index (χ4v) is 2.93. The van der Waals surface area contributed by atoms with Crippen LogP contribution in [0.25, 0.3) is 0 Å². The van der Waals surface area contributed by atoms with Crippen LogP contribution in [0.2, 0.25) is 0 Å². The SMILES string of the molecule is CCCC(COC)NCc1cc(Br)c2c(c1)OCCO2. The number of methoxy groups -OCH3 is 1. The first kappa shape index (κ1) is 15.6. The lowest BCUT2D eigenvalue weighted by molar-refractivity contribution is 0.161. The highest BCUT2D eigenvalue weighted by atomic mass is 79.9. The van der Waals surface area contributed by atoms with E-state index < -0.39 is 0 Å². The summed E-state index contributed by atoms with van der Waals surface area (Å²) in [5.41, 5.74) is 1.18. The van der Waals surface area contributed by atoms with Gasteiger partial charge in [-0.15, -0.1) is 0 Å². The van der Waals surface area contributed by atoms with Gasteiger partial charge in [-0.25, -0.2) is 0 Å². The molecule has 0 bridgehead atoms. The molecule has 0 fully saturated rings. The molecule has 0 radical (unpaired) electrons. The molecule has 0 saturated carbocycles. The molecule has 1 aromatic carbocycles. The molecule has 0 spiro atoms.